The maximum Gasteiger partial charge on any atom is 0.273 e. The Morgan fingerprint density at radius 1 is 1.42 bits per heavy atom. The number of hydrogen-bond donors (Lipinski definition) is 2. The van der Waals surface area contributed by atoms with Crippen LogP contribution in [0.3, 0.4) is 0 Å². The van der Waals surface area contributed by atoms with Crippen LogP contribution in [-0.2, 0) is 0 Å². The van der Waals surface area contributed by atoms with Crippen LogP contribution in [0.1, 0.15) is 16.2 Å². The van der Waals surface area contributed by atoms with Gasteiger partial charge in [0.2, 0.25) is 0 Å². The molecule has 0 aliphatic heterocycles. The molecule has 2 N–H and O–H groups in total. The van der Waals surface area contributed by atoms with E-state index in [1.165, 1.54) is 11.3 Å². The first-order valence-corrected chi connectivity index (χ1v) is 6.89. The Kier molecular flexibility index (Phi) is 3.00. The monoisotopic (exact) mass is 291 g/mol. The number of benzene rings is 1. The topological polar surface area (TPSA) is 57.8 Å². The Morgan fingerprint density at radius 2 is 2.26 bits per heavy atom. The van der Waals surface area contributed by atoms with Crippen molar-refractivity contribution in [3.63, 3.8) is 0 Å². The first-order valence-electron chi connectivity index (χ1n) is 5.63. The van der Waals surface area contributed by atoms with E-state index >= 15 is 0 Å². The third-order valence-corrected chi connectivity index (χ3v) is 3.78. The van der Waals surface area contributed by atoms with E-state index < -0.39 is 0 Å². The van der Waals surface area contributed by atoms with Crippen molar-refractivity contribution >= 4 is 44.9 Å². The molecule has 3 rings (SSSR count). The van der Waals surface area contributed by atoms with Gasteiger partial charge in [-0.3, -0.25) is 10.1 Å². The second-order valence-corrected chi connectivity index (χ2v) is 5.46. The van der Waals surface area contributed by atoms with Crippen molar-refractivity contribution in [3.8, 4) is 0 Å². The average molecular weight is 292 g/mol. The Morgan fingerprint density at radius 3 is 3.00 bits per heavy atom. The average Bonchev–Trinajstić information content (AvgIpc) is 2.95. The molecule has 0 aliphatic rings. The van der Waals surface area contributed by atoms with E-state index in [1.54, 1.807) is 12.1 Å². The highest BCUT2D eigenvalue weighted by atomic mass is 35.5. The lowest BCUT2D eigenvalue weighted by Gasteiger charge is -1.97. The molecule has 2 aromatic heterocycles. The maximum absolute atomic E-state index is 12.1. The van der Waals surface area contributed by atoms with E-state index in [9.17, 15) is 4.79 Å². The maximum atomic E-state index is 12.1. The minimum atomic E-state index is -0.207. The fourth-order valence-corrected chi connectivity index (χ4v) is 2.67. The molecule has 96 valence electrons. The van der Waals surface area contributed by atoms with Gasteiger partial charge in [0.1, 0.15) is 5.69 Å². The number of nitrogens with one attached hydrogen (secondary N) is 2. The van der Waals surface area contributed by atoms with Crippen LogP contribution in [0.2, 0.25) is 5.02 Å². The van der Waals surface area contributed by atoms with Crippen molar-refractivity contribution in [2.45, 2.75) is 6.92 Å². The van der Waals surface area contributed by atoms with Gasteiger partial charge in [0.15, 0.2) is 5.13 Å². The summed E-state index contributed by atoms with van der Waals surface area (Å²) in [6.45, 7) is 1.89. The van der Waals surface area contributed by atoms with Crippen molar-refractivity contribution < 1.29 is 4.79 Å². The van der Waals surface area contributed by atoms with E-state index in [0.717, 1.165) is 16.6 Å². The molecule has 0 radical (unpaired) electrons. The highest BCUT2D eigenvalue weighted by Crippen LogP contribution is 2.21. The third-order valence-electron chi connectivity index (χ3n) is 2.67. The quantitative estimate of drug-likeness (QED) is 0.754. The normalized spacial score (nSPS) is 10.8. The fraction of sp³-hybridized carbons (Fsp3) is 0.0769. The van der Waals surface area contributed by atoms with Crippen molar-refractivity contribution in [2.75, 3.05) is 5.32 Å². The summed E-state index contributed by atoms with van der Waals surface area (Å²) in [6.07, 6.45) is 0. The van der Waals surface area contributed by atoms with Crippen molar-refractivity contribution in [1.29, 1.82) is 0 Å². The van der Waals surface area contributed by atoms with Crippen LogP contribution in [0, 0.1) is 6.92 Å². The van der Waals surface area contributed by atoms with Gasteiger partial charge in [-0.1, -0.05) is 11.6 Å². The number of carbonyl (C=O) groups excluding carboxylic acids is 1. The third kappa shape index (κ3) is 2.47. The molecule has 19 heavy (non-hydrogen) atoms. The number of aromatic amines is 1. The summed E-state index contributed by atoms with van der Waals surface area (Å²) in [5.41, 5.74) is 2.26. The van der Waals surface area contributed by atoms with E-state index in [4.69, 9.17) is 11.6 Å². The molecule has 0 saturated carbocycles. The van der Waals surface area contributed by atoms with E-state index in [0.29, 0.717) is 15.8 Å². The van der Waals surface area contributed by atoms with Gasteiger partial charge in [0.05, 0.1) is 5.69 Å². The molecule has 1 amide bonds. The zero-order valence-corrected chi connectivity index (χ0v) is 11.6. The summed E-state index contributed by atoms with van der Waals surface area (Å²) in [7, 11) is 0. The highest BCUT2D eigenvalue weighted by molar-refractivity contribution is 7.13. The number of amides is 1. The zero-order chi connectivity index (χ0) is 13.4. The van der Waals surface area contributed by atoms with Gasteiger partial charge in [0.25, 0.3) is 5.91 Å². The predicted molar refractivity (Wildman–Crippen MR) is 78.1 cm³/mol. The first-order chi connectivity index (χ1) is 9.11. The molecule has 2 heterocycles. The molecule has 0 aliphatic carbocycles. The summed E-state index contributed by atoms with van der Waals surface area (Å²) in [5, 5.41) is 6.80. The second kappa shape index (κ2) is 4.68. The van der Waals surface area contributed by atoms with Gasteiger partial charge in [-0.2, -0.15) is 0 Å². The lowest BCUT2D eigenvalue weighted by molar-refractivity contribution is 0.102. The number of aryl methyl sites for hydroxylation is 1. The lowest BCUT2D eigenvalue weighted by atomic mass is 10.2. The van der Waals surface area contributed by atoms with Gasteiger partial charge >= 0.3 is 0 Å². The number of aromatic nitrogens is 2. The van der Waals surface area contributed by atoms with Crippen LogP contribution in [0.25, 0.3) is 10.9 Å². The van der Waals surface area contributed by atoms with Gasteiger partial charge in [-0.25, -0.2) is 4.98 Å². The molecular weight excluding hydrogens is 282 g/mol. The summed E-state index contributed by atoms with van der Waals surface area (Å²) in [6, 6.07) is 7.23. The number of halogens is 1. The van der Waals surface area contributed by atoms with Crippen LogP contribution < -0.4 is 5.32 Å². The van der Waals surface area contributed by atoms with E-state index in [-0.39, 0.29) is 5.91 Å². The van der Waals surface area contributed by atoms with Crippen LogP contribution in [0.15, 0.2) is 29.6 Å². The molecule has 4 nitrogen and oxygen atoms in total. The van der Waals surface area contributed by atoms with Gasteiger partial charge in [-0.05, 0) is 31.2 Å². The number of fused-ring (bicyclic) bond motifs is 1. The highest BCUT2D eigenvalue weighted by Gasteiger charge is 2.11. The molecule has 3 aromatic rings. The molecular formula is C13H10ClN3OS. The number of anilines is 1. The summed E-state index contributed by atoms with van der Waals surface area (Å²) < 4.78 is 0. The standard InChI is InChI=1S/C13H10ClN3OS/c1-7-6-19-13(15-7)17-12(18)11-5-8-4-9(14)2-3-10(8)16-11/h2-6,16H,1H3,(H,15,17,18). The minimum Gasteiger partial charge on any atom is -0.351 e. The molecule has 0 atom stereocenters. The molecule has 0 saturated heterocycles. The van der Waals surface area contributed by atoms with Crippen LogP contribution in [0.4, 0.5) is 5.13 Å². The van der Waals surface area contributed by atoms with Crippen LogP contribution in [-0.4, -0.2) is 15.9 Å². The number of rotatable bonds is 2. The number of hydrogen-bond acceptors (Lipinski definition) is 3. The van der Waals surface area contributed by atoms with Gasteiger partial charge in [-0.15, -0.1) is 11.3 Å². The van der Waals surface area contributed by atoms with Gasteiger partial charge in [0, 0.05) is 21.3 Å². The number of carbonyl (C=O) groups is 1. The van der Waals surface area contributed by atoms with Crippen LogP contribution >= 0.6 is 22.9 Å². The number of H-pyrrole nitrogens is 1. The molecule has 0 fully saturated rings. The number of nitrogens with zero attached hydrogens (tertiary/aromatic N) is 1. The molecule has 1 aromatic carbocycles. The Labute approximate surface area is 118 Å². The Balaban J connectivity index is 1.89. The van der Waals surface area contributed by atoms with Crippen molar-refractivity contribution in [3.05, 3.63) is 46.1 Å². The second-order valence-electron chi connectivity index (χ2n) is 4.16. The van der Waals surface area contributed by atoms with E-state index in [1.807, 2.05) is 24.4 Å². The number of thiazole rings is 1. The van der Waals surface area contributed by atoms with Crippen molar-refractivity contribution in [2.24, 2.45) is 0 Å². The Hall–Kier alpha value is -1.85. The summed E-state index contributed by atoms with van der Waals surface area (Å²) in [5.74, 6) is -0.207. The lowest BCUT2D eigenvalue weighted by Crippen LogP contribution is -2.11. The minimum absolute atomic E-state index is 0.207. The largest absolute Gasteiger partial charge is 0.351 e. The predicted octanol–water partition coefficient (Wildman–Crippen LogP) is 3.84. The molecule has 0 unspecified atom stereocenters. The molecule has 0 spiro atoms. The van der Waals surface area contributed by atoms with E-state index in [2.05, 4.69) is 15.3 Å². The summed E-state index contributed by atoms with van der Waals surface area (Å²) >= 11 is 7.32. The fourth-order valence-electron chi connectivity index (χ4n) is 1.80. The first kappa shape index (κ1) is 12.2. The van der Waals surface area contributed by atoms with Gasteiger partial charge < -0.3 is 4.98 Å². The zero-order valence-electron chi connectivity index (χ0n) is 10.0. The summed E-state index contributed by atoms with van der Waals surface area (Å²) in [4.78, 5) is 19.3. The SMILES string of the molecule is Cc1csc(NC(=O)c2cc3cc(Cl)ccc3[nH]2)n1. The smallest absolute Gasteiger partial charge is 0.273 e. The van der Waals surface area contributed by atoms with Crippen LogP contribution in [0.5, 0.6) is 0 Å². The Bertz CT molecular complexity index is 762. The van der Waals surface area contributed by atoms with Crippen molar-refractivity contribution in [1.82, 2.24) is 9.97 Å². The molecule has 6 heteroatoms. The molecule has 0 bridgehead atoms.